The van der Waals surface area contributed by atoms with Crippen LogP contribution in [-0.4, -0.2) is 28.8 Å². The lowest BCUT2D eigenvalue weighted by atomic mass is 10.00. The highest BCUT2D eigenvalue weighted by molar-refractivity contribution is 6.30. The lowest BCUT2D eigenvalue weighted by Gasteiger charge is -2.33. The molecule has 1 atom stereocenters. The van der Waals surface area contributed by atoms with E-state index < -0.39 is 6.04 Å². The van der Waals surface area contributed by atoms with Crippen LogP contribution in [0, 0.1) is 6.92 Å². The van der Waals surface area contributed by atoms with Crippen molar-refractivity contribution in [2.45, 2.75) is 64.1 Å². The maximum Gasteiger partial charge on any atom is 0.243 e. The molecule has 1 fully saturated rings. The van der Waals surface area contributed by atoms with Gasteiger partial charge in [0.25, 0.3) is 0 Å². The molecule has 4 rings (SSSR count). The van der Waals surface area contributed by atoms with Gasteiger partial charge >= 0.3 is 0 Å². The minimum atomic E-state index is -0.600. The molecule has 1 aliphatic rings. The van der Waals surface area contributed by atoms with E-state index >= 15 is 0 Å². The Hall–Kier alpha value is -3.11. The molecule has 0 radical (unpaired) electrons. The first-order valence-corrected chi connectivity index (χ1v) is 12.8. The van der Waals surface area contributed by atoms with Crippen LogP contribution in [0.1, 0.15) is 47.9 Å². The fraction of sp³-hybridized carbons (Fsp3) is 0.333. The average molecular weight is 489 g/mol. The van der Waals surface area contributed by atoms with E-state index in [0.29, 0.717) is 18.0 Å². The number of hydrogen-bond acceptors (Lipinski definition) is 2. The molecule has 0 bridgehead atoms. The number of aryl methyl sites for hydroxylation is 1. The molecule has 1 saturated carbocycles. The number of carbonyl (C=O) groups is 2. The Labute approximate surface area is 213 Å². The first kappa shape index (κ1) is 25.0. The SMILES string of the molecule is Cc1ccccc1CN(C(=O)Cc1ccc(Cl)cc1)[C@@H](Cc1ccccc1)C(=O)NC1CCCC1. The highest BCUT2D eigenvalue weighted by atomic mass is 35.5. The molecular formula is C30H33ClN2O2. The van der Waals surface area contributed by atoms with Crippen molar-refractivity contribution in [2.24, 2.45) is 0 Å². The van der Waals surface area contributed by atoms with Crippen LogP contribution < -0.4 is 5.32 Å². The Morgan fingerprint density at radius 2 is 1.57 bits per heavy atom. The monoisotopic (exact) mass is 488 g/mol. The number of carbonyl (C=O) groups excluding carboxylic acids is 2. The zero-order valence-corrected chi connectivity index (χ0v) is 21.0. The van der Waals surface area contributed by atoms with E-state index in [4.69, 9.17) is 11.6 Å². The third kappa shape index (κ3) is 6.95. The van der Waals surface area contributed by atoms with Gasteiger partial charge in [0.1, 0.15) is 6.04 Å². The van der Waals surface area contributed by atoms with Gasteiger partial charge in [0.2, 0.25) is 11.8 Å². The molecule has 1 aliphatic carbocycles. The predicted octanol–water partition coefficient (Wildman–Crippen LogP) is 5.89. The highest BCUT2D eigenvalue weighted by Crippen LogP contribution is 2.21. The molecule has 2 amide bonds. The maximum atomic E-state index is 13.8. The van der Waals surface area contributed by atoms with Gasteiger partial charge in [0, 0.05) is 24.0 Å². The Kier molecular flexibility index (Phi) is 8.59. The van der Waals surface area contributed by atoms with Gasteiger partial charge in [-0.2, -0.15) is 0 Å². The van der Waals surface area contributed by atoms with Crippen LogP contribution in [0.25, 0.3) is 0 Å². The Morgan fingerprint density at radius 1 is 0.914 bits per heavy atom. The van der Waals surface area contributed by atoms with Gasteiger partial charge in [-0.15, -0.1) is 0 Å². The molecule has 4 nitrogen and oxygen atoms in total. The number of nitrogens with one attached hydrogen (secondary N) is 1. The van der Waals surface area contributed by atoms with Gasteiger partial charge in [-0.3, -0.25) is 9.59 Å². The van der Waals surface area contributed by atoms with E-state index in [1.165, 1.54) is 0 Å². The molecular weight excluding hydrogens is 456 g/mol. The summed E-state index contributed by atoms with van der Waals surface area (Å²) >= 11 is 6.05. The molecule has 0 unspecified atom stereocenters. The predicted molar refractivity (Wildman–Crippen MR) is 141 cm³/mol. The van der Waals surface area contributed by atoms with Crippen molar-refractivity contribution in [1.82, 2.24) is 10.2 Å². The van der Waals surface area contributed by atoms with E-state index in [1.54, 1.807) is 17.0 Å². The van der Waals surface area contributed by atoms with E-state index in [0.717, 1.165) is 47.9 Å². The Balaban J connectivity index is 1.66. The van der Waals surface area contributed by atoms with E-state index in [9.17, 15) is 9.59 Å². The lowest BCUT2D eigenvalue weighted by Crippen LogP contribution is -2.52. The molecule has 182 valence electrons. The molecule has 0 aromatic heterocycles. The topological polar surface area (TPSA) is 49.4 Å². The Bertz CT molecular complexity index is 1120. The normalized spacial score (nSPS) is 14.5. The van der Waals surface area contributed by atoms with Crippen molar-refractivity contribution < 1.29 is 9.59 Å². The summed E-state index contributed by atoms with van der Waals surface area (Å²) in [7, 11) is 0. The van der Waals surface area contributed by atoms with Gasteiger partial charge in [-0.25, -0.2) is 0 Å². The van der Waals surface area contributed by atoms with Gasteiger partial charge in [0.05, 0.1) is 6.42 Å². The van der Waals surface area contributed by atoms with Crippen LogP contribution in [0.5, 0.6) is 0 Å². The van der Waals surface area contributed by atoms with Crippen molar-refractivity contribution in [3.05, 3.63) is 106 Å². The summed E-state index contributed by atoms with van der Waals surface area (Å²) in [6, 6.07) is 24.9. The van der Waals surface area contributed by atoms with E-state index in [-0.39, 0.29) is 24.3 Å². The summed E-state index contributed by atoms with van der Waals surface area (Å²) in [5, 5.41) is 3.89. The number of halogens is 1. The molecule has 3 aromatic carbocycles. The van der Waals surface area contributed by atoms with Crippen LogP contribution in [0.4, 0.5) is 0 Å². The summed E-state index contributed by atoms with van der Waals surface area (Å²) in [6.45, 7) is 2.43. The summed E-state index contributed by atoms with van der Waals surface area (Å²) < 4.78 is 0. The number of rotatable bonds is 9. The van der Waals surface area contributed by atoms with Crippen molar-refractivity contribution >= 4 is 23.4 Å². The summed E-state index contributed by atoms with van der Waals surface area (Å²) in [4.78, 5) is 29.3. The number of benzene rings is 3. The van der Waals surface area contributed by atoms with Crippen LogP contribution in [0.3, 0.4) is 0 Å². The fourth-order valence-corrected chi connectivity index (χ4v) is 4.90. The van der Waals surface area contributed by atoms with E-state index in [1.807, 2.05) is 73.7 Å². The quantitative estimate of drug-likeness (QED) is 0.408. The maximum absolute atomic E-state index is 13.8. The van der Waals surface area contributed by atoms with Crippen LogP contribution in [0.15, 0.2) is 78.9 Å². The second kappa shape index (κ2) is 12.0. The van der Waals surface area contributed by atoms with Gasteiger partial charge in [-0.05, 0) is 54.2 Å². The average Bonchev–Trinajstić information content (AvgIpc) is 3.37. The fourth-order valence-electron chi connectivity index (χ4n) is 4.77. The largest absolute Gasteiger partial charge is 0.352 e. The minimum Gasteiger partial charge on any atom is -0.352 e. The van der Waals surface area contributed by atoms with Gasteiger partial charge in [0.15, 0.2) is 0 Å². The molecule has 0 heterocycles. The molecule has 3 aromatic rings. The summed E-state index contributed by atoms with van der Waals surface area (Å²) in [5.41, 5.74) is 4.06. The third-order valence-electron chi connectivity index (χ3n) is 6.84. The highest BCUT2D eigenvalue weighted by Gasteiger charge is 2.32. The standard InChI is InChI=1S/C30H33ClN2O2/c1-22-9-5-6-12-25(22)21-33(29(34)20-24-15-17-26(31)18-16-24)28(19-23-10-3-2-4-11-23)30(35)32-27-13-7-8-14-27/h2-6,9-12,15-18,27-28H,7-8,13-14,19-21H2,1H3,(H,32,35)/t28-/m0/s1. The van der Waals surface area contributed by atoms with Gasteiger partial charge in [-0.1, -0.05) is 91.2 Å². The van der Waals surface area contributed by atoms with Crippen LogP contribution >= 0.6 is 11.6 Å². The van der Waals surface area contributed by atoms with Crippen molar-refractivity contribution in [2.75, 3.05) is 0 Å². The Morgan fingerprint density at radius 3 is 2.26 bits per heavy atom. The molecule has 0 aliphatic heterocycles. The second-order valence-electron chi connectivity index (χ2n) is 9.45. The van der Waals surface area contributed by atoms with Crippen molar-refractivity contribution in [3.63, 3.8) is 0 Å². The molecule has 35 heavy (non-hydrogen) atoms. The molecule has 1 N–H and O–H groups in total. The first-order chi connectivity index (χ1) is 17.0. The first-order valence-electron chi connectivity index (χ1n) is 12.4. The minimum absolute atomic E-state index is 0.0706. The molecule has 0 spiro atoms. The van der Waals surface area contributed by atoms with Crippen LogP contribution in [-0.2, 0) is 29.0 Å². The molecule has 5 heteroatoms. The zero-order chi connectivity index (χ0) is 24.6. The van der Waals surface area contributed by atoms with Crippen molar-refractivity contribution in [3.8, 4) is 0 Å². The number of hydrogen-bond donors (Lipinski definition) is 1. The number of nitrogens with zero attached hydrogens (tertiary/aromatic N) is 1. The van der Waals surface area contributed by atoms with E-state index in [2.05, 4.69) is 5.32 Å². The summed E-state index contributed by atoms with van der Waals surface area (Å²) in [6.07, 6.45) is 4.96. The smallest absolute Gasteiger partial charge is 0.243 e. The summed E-state index contributed by atoms with van der Waals surface area (Å²) in [5.74, 6) is -0.142. The van der Waals surface area contributed by atoms with Gasteiger partial charge < -0.3 is 10.2 Å². The number of amides is 2. The zero-order valence-electron chi connectivity index (χ0n) is 20.3. The third-order valence-corrected chi connectivity index (χ3v) is 7.10. The lowest BCUT2D eigenvalue weighted by molar-refractivity contribution is -0.141. The second-order valence-corrected chi connectivity index (χ2v) is 9.88. The van der Waals surface area contributed by atoms with Crippen molar-refractivity contribution in [1.29, 1.82) is 0 Å². The molecule has 0 saturated heterocycles. The van der Waals surface area contributed by atoms with Crippen LogP contribution in [0.2, 0.25) is 5.02 Å².